The number of ether oxygens (including phenoxy) is 1. The van der Waals surface area contributed by atoms with E-state index in [0.29, 0.717) is 18.7 Å². The average Bonchev–Trinajstić information content (AvgIpc) is 2.46. The fraction of sp³-hybridized carbons (Fsp3) is 0.250. The molecule has 0 saturated heterocycles. The maximum Gasteiger partial charge on any atom is 0.123 e. The fourth-order valence-electron chi connectivity index (χ4n) is 2.24. The molecule has 1 atom stereocenters. The summed E-state index contributed by atoms with van der Waals surface area (Å²) in [6, 6.07) is 10.6. The summed E-state index contributed by atoms with van der Waals surface area (Å²) in [4.78, 5) is 0. The largest absolute Gasteiger partial charge is 0.496 e. The molecule has 0 radical (unpaired) electrons. The number of hydrogen-bond donors (Lipinski definition) is 1. The smallest absolute Gasteiger partial charge is 0.123 e. The van der Waals surface area contributed by atoms with Gasteiger partial charge in [0.25, 0.3) is 0 Å². The third-order valence-electron chi connectivity index (χ3n) is 3.33. The molecule has 2 aromatic carbocycles. The van der Waals surface area contributed by atoms with Gasteiger partial charge in [-0.1, -0.05) is 12.1 Å². The van der Waals surface area contributed by atoms with Crippen molar-refractivity contribution in [2.45, 2.75) is 12.3 Å². The van der Waals surface area contributed by atoms with E-state index in [0.717, 1.165) is 11.1 Å². The topological polar surface area (TPSA) is 35.2 Å². The maximum absolute atomic E-state index is 13.4. The van der Waals surface area contributed by atoms with Crippen molar-refractivity contribution in [3.63, 3.8) is 0 Å². The van der Waals surface area contributed by atoms with Crippen molar-refractivity contribution in [1.29, 1.82) is 0 Å². The zero-order valence-electron chi connectivity index (χ0n) is 11.3. The Morgan fingerprint density at radius 2 is 1.70 bits per heavy atom. The molecule has 106 valence electrons. The lowest BCUT2D eigenvalue weighted by Crippen LogP contribution is -2.15. The summed E-state index contributed by atoms with van der Waals surface area (Å²) in [6.45, 7) is 0.394. The summed E-state index contributed by atoms with van der Waals surface area (Å²) >= 11 is 0. The highest BCUT2D eigenvalue weighted by atomic mass is 19.1. The first-order valence-electron chi connectivity index (χ1n) is 6.42. The number of nitrogens with two attached hydrogens (primary N) is 1. The van der Waals surface area contributed by atoms with Gasteiger partial charge >= 0.3 is 0 Å². The van der Waals surface area contributed by atoms with E-state index in [9.17, 15) is 8.78 Å². The van der Waals surface area contributed by atoms with Crippen molar-refractivity contribution in [3.8, 4) is 5.75 Å². The summed E-state index contributed by atoms with van der Waals surface area (Å²) < 4.78 is 31.5. The lowest BCUT2D eigenvalue weighted by atomic mass is 9.91. The zero-order valence-corrected chi connectivity index (χ0v) is 11.3. The van der Waals surface area contributed by atoms with Crippen LogP contribution in [0.2, 0.25) is 0 Å². The predicted molar refractivity (Wildman–Crippen MR) is 74.9 cm³/mol. The number of hydrogen-bond acceptors (Lipinski definition) is 2. The van der Waals surface area contributed by atoms with Crippen molar-refractivity contribution in [3.05, 3.63) is 65.2 Å². The summed E-state index contributed by atoms with van der Waals surface area (Å²) in [5.74, 6) is 0.0294. The van der Waals surface area contributed by atoms with Gasteiger partial charge in [-0.3, -0.25) is 0 Å². The normalized spacial score (nSPS) is 12.2. The highest BCUT2D eigenvalue weighted by Gasteiger charge is 2.14. The van der Waals surface area contributed by atoms with Crippen molar-refractivity contribution in [2.75, 3.05) is 13.7 Å². The lowest BCUT2D eigenvalue weighted by molar-refractivity contribution is 0.406. The van der Waals surface area contributed by atoms with Crippen LogP contribution in [-0.2, 0) is 6.42 Å². The summed E-state index contributed by atoms with van der Waals surface area (Å²) in [7, 11) is 1.55. The Morgan fingerprint density at radius 3 is 2.30 bits per heavy atom. The van der Waals surface area contributed by atoms with Crippen LogP contribution in [0.3, 0.4) is 0 Å². The summed E-state index contributed by atoms with van der Waals surface area (Å²) in [6.07, 6.45) is 0.545. The van der Waals surface area contributed by atoms with Crippen LogP contribution in [0, 0.1) is 11.6 Å². The minimum absolute atomic E-state index is 0.00806. The van der Waals surface area contributed by atoms with E-state index >= 15 is 0 Å². The molecule has 0 aliphatic rings. The van der Waals surface area contributed by atoms with Crippen molar-refractivity contribution < 1.29 is 13.5 Å². The van der Waals surface area contributed by atoms with Gasteiger partial charge in [-0.05, 0) is 54.4 Å². The average molecular weight is 277 g/mol. The Kier molecular flexibility index (Phi) is 4.69. The standard InChI is InChI=1S/C16H17F2NO/c1-20-16-7-6-15(18)9-12(16)8-13(10-19)11-2-4-14(17)5-3-11/h2-7,9,13H,8,10,19H2,1H3. The molecule has 20 heavy (non-hydrogen) atoms. The number of rotatable bonds is 5. The molecule has 0 heterocycles. The summed E-state index contributed by atoms with van der Waals surface area (Å²) in [5, 5.41) is 0. The molecule has 1 unspecified atom stereocenters. The van der Waals surface area contributed by atoms with Crippen molar-refractivity contribution in [1.82, 2.24) is 0 Å². The van der Waals surface area contributed by atoms with Gasteiger partial charge in [-0.25, -0.2) is 8.78 Å². The van der Waals surface area contributed by atoms with E-state index in [1.807, 2.05) is 0 Å². The minimum atomic E-state index is -0.310. The highest BCUT2D eigenvalue weighted by Crippen LogP contribution is 2.27. The first kappa shape index (κ1) is 14.5. The van der Waals surface area contributed by atoms with Crippen LogP contribution in [0.1, 0.15) is 17.0 Å². The quantitative estimate of drug-likeness (QED) is 0.910. The van der Waals surface area contributed by atoms with E-state index in [4.69, 9.17) is 10.5 Å². The molecule has 0 aromatic heterocycles. The molecule has 0 aliphatic carbocycles. The van der Waals surface area contributed by atoms with Crippen LogP contribution in [-0.4, -0.2) is 13.7 Å². The Morgan fingerprint density at radius 1 is 1.05 bits per heavy atom. The predicted octanol–water partition coefficient (Wildman–Crippen LogP) is 3.26. The van der Waals surface area contributed by atoms with Gasteiger partial charge < -0.3 is 10.5 Å². The van der Waals surface area contributed by atoms with Crippen molar-refractivity contribution >= 4 is 0 Å². The third kappa shape index (κ3) is 3.33. The molecule has 2 aromatic rings. The van der Waals surface area contributed by atoms with Gasteiger partial charge in [0.2, 0.25) is 0 Å². The molecule has 2 N–H and O–H groups in total. The van der Waals surface area contributed by atoms with E-state index in [-0.39, 0.29) is 17.6 Å². The Bertz CT molecular complexity index is 569. The number of benzene rings is 2. The molecule has 0 bridgehead atoms. The van der Waals surface area contributed by atoms with Gasteiger partial charge in [-0.2, -0.15) is 0 Å². The van der Waals surface area contributed by atoms with Gasteiger partial charge in [0.05, 0.1) is 7.11 Å². The Hall–Kier alpha value is -1.94. The molecule has 4 heteroatoms. The van der Waals surface area contributed by atoms with Crippen LogP contribution in [0.15, 0.2) is 42.5 Å². The Balaban J connectivity index is 2.26. The van der Waals surface area contributed by atoms with Gasteiger partial charge in [0.15, 0.2) is 0 Å². The molecule has 0 spiro atoms. The second-order valence-corrected chi connectivity index (χ2v) is 4.64. The van der Waals surface area contributed by atoms with Crippen LogP contribution in [0.25, 0.3) is 0 Å². The van der Waals surface area contributed by atoms with Crippen LogP contribution < -0.4 is 10.5 Å². The molecule has 2 rings (SSSR count). The van der Waals surface area contributed by atoms with E-state index < -0.39 is 0 Å². The molecule has 2 nitrogen and oxygen atoms in total. The second kappa shape index (κ2) is 6.48. The summed E-state index contributed by atoms with van der Waals surface area (Å²) in [5.41, 5.74) is 7.48. The first-order chi connectivity index (χ1) is 9.63. The molecule has 0 amide bonds. The van der Waals surface area contributed by atoms with Crippen LogP contribution in [0.5, 0.6) is 5.75 Å². The first-order valence-corrected chi connectivity index (χ1v) is 6.42. The lowest BCUT2D eigenvalue weighted by Gasteiger charge is -2.17. The van der Waals surface area contributed by atoms with Crippen LogP contribution in [0.4, 0.5) is 8.78 Å². The fourth-order valence-corrected chi connectivity index (χ4v) is 2.24. The van der Waals surface area contributed by atoms with Crippen molar-refractivity contribution in [2.24, 2.45) is 5.73 Å². The Labute approximate surface area is 117 Å². The molecule has 0 fully saturated rings. The molecule has 0 saturated carbocycles. The van der Waals surface area contributed by atoms with E-state index in [2.05, 4.69) is 0 Å². The van der Waals surface area contributed by atoms with Gasteiger partial charge in [0, 0.05) is 5.92 Å². The van der Waals surface area contributed by atoms with E-state index in [1.54, 1.807) is 25.3 Å². The molecule has 0 aliphatic heterocycles. The molecular formula is C16H17F2NO. The third-order valence-corrected chi connectivity index (χ3v) is 3.33. The minimum Gasteiger partial charge on any atom is -0.496 e. The number of halogens is 2. The second-order valence-electron chi connectivity index (χ2n) is 4.64. The highest BCUT2D eigenvalue weighted by molar-refractivity contribution is 5.36. The zero-order chi connectivity index (χ0) is 14.5. The molecular weight excluding hydrogens is 260 g/mol. The maximum atomic E-state index is 13.4. The van der Waals surface area contributed by atoms with Gasteiger partial charge in [0.1, 0.15) is 17.4 Å². The monoisotopic (exact) mass is 277 g/mol. The van der Waals surface area contributed by atoms with Crippen LogP contribution >= 0.6 is 0 Å². The van der Waals surface area contributed by atoms with E-state index in [1.165, 1.54) is 24.3 Å². The van der Waals surface area contributed by atoms with Gasteiger partial charge in [-0.15, -0.1) is 0 Å². The SMILES string of the molecule is COc1ccc(F)cc1CC(CN)c1ccc(F)cc1. The number of methoxy groups -OCH3 is 1.